The van der Waals surface area contributed by atoms with E-state index in [-0.39, 0.29) is 4.90 Å². The molecule has 0 fully saturated rings. The molecule has 7 heteroatoms. The lowest BCUT2D eigenvalue weighted by Crippen LogP contribution is -2.25. The standard InChI is InChI=1S/C12H20ClN3O2S/c1-4-14-12-11(13)7-10(8-15-12)19(17,18)16-6-5-9(2)3/h7-9,16H,4-6H2,1-3H3,(H,14,15). The second-order valence-electron chi connectivity index (χ2n) is 4.61. The minimum absolute atomic E-state index is 0.0860. The van der Waals surface area contributed by atoms with Gasteiger partial charge in [0.15, 0.2) is 0 Å². The zero-order valence-corrected chi connectivity index (χ0v) is 13.0. The van der Waals surface area contributed by atoms with Crippen LogP contribution in [0.15, 0.2) is 17.2 Å². The molecule has 1 aromatic rings. The van der Waals surface area contributed by atoms with Crippen molar-refractivity contribution in [3.8, 4) is 0 Å². The van der Waals surface area contributed by atoms with Crippen LogP contribution in [0.25, 0.3) is 0 Å². The molecular weight excluding hydrogens is 286 g/mol. The first kappa shape index (κ1) is 16.2. The Hall–Kier alpha value is -0.850. The molecule has 0 atom stereocenters. The lowest BCUT2D eigenvalue weighted by atomic mass is 10.1. The van der Waals surface area contributed by atoms with Gasteiger partial charge in [-0.3, -0.25) is 0 Å². The van der Waals surface area contributed by atoms with E-state index in [0.717, 1.165) is 6.42 Å². The highest BCUT2D eigenvalue weighted by Crippen LogP contribution is 2.22. The molecule has 0 spiro atoms. The summed E-state index contributed by atoms with van der Waals surface area (Å²) in [7, 11) is -3.53. The first-order chi connectivity index (χ1) is 8.86. The predicted molar refractivity (Wildman–Crippen MR) is 78.1 cm³/mol. The van der Waals surface area contributed by atoms with Crippen molar-refractivity contribution < 1.29 is 8.42 Å². The summed E-state index contributed by atoms with van der Waals surface area (Å²) in [5.41, 5.74) is 0. The van der Waals surface area contributed by atoms with Crippen LogP contribution in [0.2, 0.25) is 5.02 Å². The second kappa shape index (κ2) is 7.07. The molecular formula is C12H20ClN3O2S. The maximum absolute atomic E-state index is 12.0. The van der Waals surface area contributed by atoms with Gasteiger partial charge >= 0.3 is 0 Å². The van der Waals surface area contributed by atoms with Gasteiger partial charge in [-0.25, -0.2) is 18.1 Å². The van der Waals surface area contributed by atoms with E-state index in [2.05, 4.69) is 15.0 Å². The largest absolute Gasteiger partial charge is 0.369 e. The van der Waals surface area contributed by atoms with Gasteiger partial charge in [0, 0.05) is 19.3 Å². The Bertz CT molecular complexity index is 518. The summed E-state index contributed by atoms with van der Waals surface area (Å²) in [6, 6.07) is 1.41. The Labute approximate surface area is 119 Å². The number of anilines is 1. The smallest absolute Gasteiger partial charge is 0.242 e. The number of halogens is 1. The van der Waals surface area contributed by atoms with Crippen molar-refractivity contribution >= 4 is 27.4 Å². The first-order valence-electron chi connectivity index (χ1n) is 6.26. The number of rotatable bonds is 7. The molecule has 5 nitrogen and oxygen atoms in total. The van der Waals surface area contributed by atoms with Crippen molar-refractivity contribution in [3.63, 3.8) is 0 Å². The molecule has 1 heterocycles. The molecule has 0 radical (unpaired) electrons. The Kier molecular flexibility index (Phi) is 6.03. The molecule has 0 aromatic carbocycles. The number of nitrogens with one attached hydrogen (secondary N) is 2. The van der Waals surface area contributed by atoms with E-state index >= 15 is 0 Å². The van der Waals surface area contributed by atoms with Crippen molar-refractivity contribution in [2.75, 3.05) is 18.4 Å². The normalized spacial score (nSPS) is 11.8. The van der Waals surface area contributed by atoms with Crippen molar-refractivity contribution in [1.29, 1.82) is 0 Å². The van der Waals surface area contributed by atoms with Crippen LogP contribution in [0.5, 0.6) is 0 Å². The van der Waals surface area contributed by atoms with Crippen LogP contribution in [0.4, 0.5) is 5.82 Å². The van der Waals surface area contributed by atoms with Crippen LogP contribution in [0.3, 0.4) is 0 Å². The molecule has 0 saturated heterocycles. The topological polar surface area (TPSA) is 71.1 Å². The number of pyridine rings is 1. The highest BCUT2D eigenvalue weighted by atomic mass is 35.5. The Balaban J connectivity index is 2.81. The SMILES string of the molecule is CCNc1ncc(S(=O)(=O)NCCC(C)C)cc1Cl. The number of hydrogen-bond donors (Lipinski definition) is 2. The fourth-order valence-corrected chi connectivity index (χ4v) is 2.75. The first-order valence-corrected chi connectivity index (χ1v) is 8.12. The van der Waals surface area contributed by atoms with Gasteiger partial charge in [-0.15, -0.1) is 0 Å². The van der Waals surface area contributed by atoms with E-state index in [1.807, 2.05) is 20.8 Å². The fraction of sp³-hybridized carbons (Fsp3) is 0.583. The highest BCUT2D eigenvalue weighted by Gasteiger charge is 2.16. The molecule has 0 aliphatic rings. The summed E-state index contributed by atoms with van der Waals surface area (Å²) in [4.78, 5) is 4.10. The molecule has 1 rings (SSSR count). The molecule has 19 heavy (non-hydrogen) atoms. The molecule has 2 N–H and O–H groups in total. The minimum atomic E-state index is -3.53. The number of sulfonamides is 1. The van der Waals surface area contributed by atoms with E-state index in [0.29, 0.717) is 29.8 Å². The lowest BCUT2D eigenvalue weighted by Gasteiger charge is -2.10. The van der Waals surface area contributed by atoms with Crippen LogP contribution in [-0.4, -0.2) is 26.5 Å². The van der Waals surface area contributed by atoms with Crippen LogP contribution < -0.4 is 10.0 Å². The van der Waals surface area contributed by atoms with Crippen LogP contribution in [0, 0.1) is 5.92 Å². The van der Waals surface area contributed by atoms with Crippen LogP contribution >= 0.6 is 11.6 Å². The molecule has 108 valence electrons. The summed E-state index contributed by atoms with van der Waals surface area (Å²) < 4.78 is 26.5. The van der Waals surface area contributed by atoms with Crippen LogP contribution in [0.1, 0.15) is 27.2 Å². The third-order valence-corrected chi connectivity index (χ3v) is 4.20. The zero-order valence-electron chi connectivity index (χ0n) is 11.4. The van der Waals surface area contributed by atoms with Gasteiger partial charge in [0.1, 0.15) is 10.7 Å². The summed E-state index contributed by atoms with van der Waals surface area (Å²) in [5.74, 6) is 0.936. The maximum Gasteiger partial charge on any atom is 0.242 e. The van der Waals surface area contributed by atoms with Crippen molar-refractivity contribution in [3.05, 3.63) is 17.3 Å². The van der Waals surface area contributed by atoms with Gasteiger partial charge in [0.2, 0.25) is 10.0 Å². The van der Waals surface area contributed by atoms with E-state index in [1.54, 1.807) is 0 Å². The minimum Gasteiger partial charge on any atom is -0.369 e. The average Bonchev–Trinajstić information content (AvgIpc) is 2.31. The molecule has 0 amide bonds. The Morgan fingerprint density at radius 3 is 2.63 bits per heavy atom. The molecule has 0 aliphatic carbocycles. The van der Waals surface area contributed by atoms with E-state index < -0.39 is 10.0 Å². The van der Waals surface area contributed by atoms with Gasteiger partial charge in [-0.2, -0.15) is 0 Å². The molecule has 0 unspecified atom stereocenters. The summed E-state index contributed by atoms with van der Waals surface area (Å²) >= 11 is 5.98. The summed E-state index contributed by atoms with van der Waals surface area (Å²) in [6.45, 7) is 7.07. The zero-order chi connectivity index (χ0) is 14.5. The van der Waals surface area contributed by atoms with Gasteiger partial charge in [-0.05, 0) is 25.3 Å². The van der Waals surface area contributed by atoms with E-state index in [1.165, 1.54) is 12.3 Å². The highest BCUT2D eigenvalue weighted by molar-refractivity contribution is 7.89. The Morgan fingerprint density at radius 2 is 2.11 bits per heavy atom. The lowest BCUT2D eigenvalue weighted by molar-refractivity contribution is 0.551. The van der Waals surface area contributed by atoms with Gasteiger partial charge in [0.05, 0.1) is 5.02 Å². The monoisotopic (exact) mass is 305 g/mol. The second-order valence-corrected chi connectivity index (χ2v) is 6.79. The molecule has 0 saturated carbocycles. The average molecular weight is 306 g/mol. The maximum atomic E-state index is 12.0. The molecule has 0 bridgehead atoms. The van der Waals surface area contributed by atoms with Gasteiger partial charge in [-0.1, -0.05) is 25.4 Å². The number of aromatic nitrogens is 1. The third kappa shape index (κ3) is 4.97. The summed E-state index contributed by atoms with van der Waals surface area (Å²) in [6.07, 6.45) is 2.09. The van der Waals surface area contributed by atoms with E-state index in [4.69, 9.17) is 11.6 Å². The van der Waals surface area contributed by atoms with Crippen LogP contribution in [-0.2, 0) is 10.0 Å². The quantitative estimate of drug-likeness (QED) is 0.812. The number of hydrogen-bond acceptors (Lipinski definition) is 4. The molecule has 1 aromatic heterocycles. The third-order valence-electron chi connectivity index (χ3n) is 2.48. The van der Waals surface area contributed by atoms with Gasteiger partial charge < -0.3 is 5.32 Å². The van der Waals surface area contributed by atoms with E-state index in [9.17, 15) is 8.42 Å². The molecule has 0 aliphatic heterocycles. The Morgan fingerprint density at radius 1 is 1.42 bits per heavy atom. The predicted octanol–water partition coefficient (Wildman–Crippen LogP) is 2.49. The van der Waals surface area contributed by atoms with Gasteiger partial charge in [0.25, 0.3) is 0 Å². The number of nitrogens with zero attached hydrogens (tertiary/aromatic N) is 1. The van der Waals surface area contributed by atoms with Crippen molar-refractivity contribution in [2.45, 2.75) is 32.1 Å². The summed E-state index contributed by atoms with van der Waals surface area (Å²) in [5, 5.41) is 3.25. The fourth-order valence-electron chi connectivity index (χ4n) is 1.43. The van der Waals surface area contributed by atoms with Crippen molar-refractivity contribution in [1.82, 2.24) is 9.71 Å². The van der Waals surface area contributed by atoms with Crippen molar-refractivity contribution in [2.24, 2.45) is 5.92 Å².